The summed E-state index contributed by atoms with van der Waals surface area (Å²) >= 11 is 0. The van der Waals surface area contributed by atoms with Gasteiger partial charge in [-0.2, -0.15) is 0 Å². The number of rotatable bonds is 10. The van der Waals surface area contributed by atoms with Gasteiger partial charge in [0.15, 0.2) is 0 Å². The van der Waals surface area contributed by atoms with Crippen LogP contribution in [0.3, 0.4) is 0 Å². The minimum Gasteiger partial charge on any atom is -0.481 e. The summed E-state index contributed by atoms with van der Waals surface area (Å²) in [4.78, 5) is 60.1. The number of hydrogen-bond acceptors (Lipinski definition) is 7. The number of likely N-dealkylation sites (tertiary alicyclic amines) is 1. The lowest BCUT2D eigenvalue weighted by atomic mass is 10.1. The van der Waals surface area contributed by atoms with Crippen molar-refractivity contribution in [2.24, 2.45) is 5.73 Å². The van der Waals surface area contributed by atoms with Crippen molar-refractivity contribution in [2.45, 2.75) is 69.8 Å². The molecule has 3 amide bonds. The number of amides is 3. The zero-order valence-corrected chi connectivity index (χ0v) is 16.3. The molecule has 0 saturated carbocycles. The Morgan fingerprint density at radius 2 is 1.76 bits per heavy atom. The average Bonchev–Trinajstić information content (AvgIpc) is 3.12. The lowest BCUT2D eigenvalue weighted by molar-refractivity contribution is -0.144. The van der Waals surface area contributed by atoms with Crippen molar-refractivity contribution in [1.29, 1.82) is 0 Å². The number of carboxylic acid groups (broad SMARTS) is 2. The highest BCUT2D eigenvalue weighted by Crippen LogP contribution is 2.19. The predicted octanol–water partition coefficient (Wildman–Crippen LogP) is -2.38. The molecule has 0 radical (unpaired) electrons. The Morgan fingerprint density at radius 1 is 1.14 bits per heavy atom. The third-order valence-electron chi connectivity index (χ3n) is 4.66. The van der Waals surface area contributed by atoms with Crippen molar-refractivity contribution < 1.29 is 39.3 Å². The number of carboxylic acids is 2. The Balaban J connectivity index is 2.69. The molecular formula is C17H28N4O8. The van der Waals surface area contributed by atoms with Crippen molar-refractivity contribution >= 4 is 29.7 Å². The number of carbonyl (C=O) groups is 5. The fraction of sp³-hybridized carbons (Fsp3) is 0.706. The van der Waals surface area contributed by atoms with E-state index in [1.54, 1.807) is 0 Å². The van der Waals surface area contributed by atoms with Crippen LogP contribution in [0.1, 0.15) is 39.5 Å². The second-order valence-corrected chi connectivity index (χ2v) is 7.02. The van der Waals surface area contributed by atoms with E-state index in [9.17, 15) is 29.1 Å². The molecule has 1 aliphatic heterocycles. The maximum atomic E-state index is 12.5. The molecule has 0 aliphatic carbocycles. The number of carbonyl (C=O) groups excluding carboxylic acids is 3. The molecule has 1 saturated heterocycles. The summed E-state index contributed by atoms with van der Waals surface area (Å²) in [5.41, 5.74) is 5.65. The highest BCUT2D eigenvalue weighted by Gasteiger charge is 2.38. The molecule has 1 fully saturated rings. The number of nitrogens with one attached hydrogen (secondary N) is 2. The molecule has 0 aromatic heterocycles. The normalized spacial score (nSPS) is 20.3. The van der Waals surface area contributed by atoms with E-state index in [-0.39, 0.29) is 13.0 Å². The quantitative estimate of drug-likeness (QED) is 0.225. The number of nitrogens with zero attached hydrogens (tertiary/aromatic N) is 1. The van der Waals surface area contributed by atoms with Gasteiger partial charge in [0.05, 0.1) is 6.10 Å². The molecule has 12 nitrogen and oxygen atoms in total. The molecule has 12 heteroatoms. The van der Waals surface area contributed by atoms with E-state index >= 15 is 0 Å². The van der Waals surface area contributed by atoms with Gasteiger partial charge < -0.3 is 36.6 Å². The lowest BCUT2D eigenvalue weighted by Gasteiger charge is -2.28. The molecule has 1 rings (SSSR count). The summed E-state index contributed by atoms with van der Waals surface area (Å²) in [6.45, 7) is 2.99. The van der Waals surface area contributed by atoms with Gasteiger partial charge in [0, 0.05) is 13.0 Å². The first-order valence-electron chi connectivity index (χ1n) is 9.25. The summed E-state index contributed by atoms with van der Waals surface area (Å²) in [5.74, 6) is -4.57. The molecule has 0 aromatic carbocycles. The Bertz CT molecular complexity index is 653. The Morgan fingerprint density at radius 3 is 2.28 bits per heavy atom. The van der Waals surface area contributed by atoms with E-state index in [2.05, 4.69) is 10.6 Å². The maximum absolute atomic E-state index is 12.5. The van der Waals surface area contributed by atoms with Crippen LogP contribution in [-0.4, -0.2) is 86.7 Å². The predicted molar refractivity (Wildman–Crippen MR) is 98.4 cm³/mol. The fourth-order valence-corrected chi connectivity index (χ4v) is 2.90. The molecule has 0 aromatic rings. The first kappa shape index (κ1) is 24.3. The van der Waals surface area contributed by atoms with Gasteiger partial charge in [-0.05, 0) is 33.1 Å². The Labute approximate surface area is 167 Å². The second kappa shape index (κ2) is 10.7. The van der Waals surface area contributed by atoms with E-state index in [0.717, 1.165) is 0 Å². The summed E-state index contributed by atoms with van der Waals surface area (Å²) in [5, 5.41) is 31.8. The highest BCUT2D eigenvalue weighted by molar-refractivity contribution is 5.94. The topological polar surface area (TPSA) is 199 Å². The van der Waals surface area contributed by atoms with Gasteiger partial charge in [0.25, 0.3) is 0 Å². The third-order valence-corrected chi connectivity index (χ3v) is 4.66. The van der Waals surface area contributed by atoms with Gasteiger partial charge in [-0.1, -0.05) is 0 Å². The van der Waals surface area contributed by atoms with Crippen molar-refractivity contribution in [2.75, 3.05) is 6.54 Å². The first-order valence-corrected chi connectivity index (χ1v) is 9.25. The van der Waals surface area contributed by atoms with Crippen LogP contribution in [-0.2, 0) is 24.0 Å². The minimum atomic E-state index is -1.41. The van der Waals surface area contributed by atoms with Crippen LogP contribution in [0.2, 0.25) is 0 Å². The van der Waals surface area contributed by atoms with E-state index in [4.69, 9.17) is 15.9 Å². The van der Waals surface area contributed by atoms with Gasteiger partial charge in [0.2, 0.25) is 17.7 Å². The molecular weight excluding hydrogens is 388 g/mol. The average molecular weight is 416 g/mol. The summed E-state index contributed by atoms with van der Waals surface area (Å²) < 4.78 is 0. The van der Waals surface area contributed by atoms with Gasteiger partial charge in [0.1, 0.15) is 24.2 Å². The summed E-state index contributed by atoms with van der Waals surface area (Å²) in [6, 6.07) is -4.55. The highest BCUT2D eigenvalue weighted by atomic mass is 16.4. The second-order valence-electron chi connectivity index (χ2n) is 7.02. The van der Waals surface area contributed by atoms with Gasteiger partial charge >= 0.3 is 11.9 Å². The smallest absolute Gasteiger partial charge is 0.326 e. The van der Waals surface area contributed by atoms with E-state index in [0.29, 0.717) is 12.8 Å². The van der Waals surface area contributed by atoms with Crippen LogP contribution in [0, 0.1) is 0 Å². The Kier molecular flexibility index (Phi) is 8.98. The lowest BCUT2D eigenvalue weighted by Crippen LogP contribution is -2.57. The van der Waals surface area contributed by atoms with E-state index in [1.165, 1.54) is 18.7 Å². The molecule has 29 heavy (non-hydrogen) atoms. The number of aliphatic carboxylic acids is 2. The monoisotopic (exact) mass is 416 g/mol. The number of hydrogen-bond donors (Lipinski definition) is 6. The zero-order chi connectivity index (χ0) is 22.3. The van der Waals surface area contributed by atoms with Crippen molar-refractivity contribution in [1.82, 2.24) is 15.5 Å². The molecule has 0 spiro atoms. The fourth-order valence-electron chi connectivity index (χ4n) is 2.90. The van der Waals surface area contributed by atoms with Crippen LogP contribution in [0.5, 0.6) is 0 Å². The zero-order valence-electron chi connectivity index (χ0n) is 16.3. The molecule has 7 N–H and O–H groups in total. The first-order chi connectivity index (χ1) is 13.5. The minimum absolute atomic E-state index is 0.286. The van der Waals surface area contributed by atoms with Gasteiger partial charge in [-0.15, -0.1) is 0 Å². The molecule has 5 atom stereocenters. The SMILES string of the molecule is CC(NC(=O)C1CCCN1C(=O)C(N)C(C)O)C(=O)NC(CCC(=O)O)C(=O)O. The van der Waals surface area contributed by atoms with Crippen molar-refractivity contribution in [3.05, 3.63) is 0 Å². The van der Waals surface area contributed by atoms with Crippen LogP contribution in [0.25, 0.3) is 0 Å². The van der Waals surface area contributed by atoms with E-state index < -0.39 is 66.4 Å². The van der Waals surface area contributed by atoms with E-state index in [1.807, 2.05) is 0 Å². The molecule has 1 aliphatic rings. The van der Waals surface area contributed by atoms with Gasteiger partial charge in [-0.3, -0.25) is 19.2 Å². The van der Waals surface area contributed by atoms with Crippen LogP contribution >= 0.6 is 0 Å². The maximum Gasteiger partial charge on any atom is 0.326 e. The molecule has 1 heterocycles. The molecule has 5 unspecified atom stereocenters. The van der Waals surface area contributed by atoms with Crippen LogP contribution < -0.4 is 16.4 Å². The summed E-state index contributed by atoms with van der Waals surface area (Å²) in [6.07, 6.45) is -0.933. The number of nitrogens with two attached hydrogens (primary N) is 1. The third kappa shape index (κ3) is 6.98. The van der Waals surface area contributed by atoms with Crippen LogP contribution in [0.4, 0.5) is 0 Å². The molecule has 0 bridgehead atoms. The summed E-state index contributed by atoms with van der Waals surface area (Å²) in [7, 11) is 0. The Hall–Kier alpha value is -2.73. The van der Waals surface area contributed by atoms with Crippen molar-refractivity contribution in [3.63, 3.8) is 0 Å². The van der Waals surface area contributed by atoms with Crippen molar-refractivity contribution in [3.8, 4) is 0 Å². The molecule has 164 valence electrons. The number of aliphatic hydroxyl groups is 1. The largest absolute Gasteiger partial charge is 0.481 e. The number of aliphatic hydroxyl groups excluding tert-OH is 1. The van der Waals surface area contributed by atoms with Crippen LogP contribution in [0.15, 0.2) is 0 Å². The van der Waals surface area contributed by atoms with Gasteiger partial charge in [-0.25, -0.2) is 4.79 Å². The standard InChI is InChI=1S/C17H28N4O8/c1-8(14(25)20-10(17(28)29)5-6-12(23)24)19-15(26)11-4-3-7-21(11)16(27)13(18)9(2)22/h8-11,13,22H,3-7,18H2,1-2H3,(H,19,26)(H,20,25)(H,23,24)(H,28,29).